The van der Waals surface area contributed by atoms with Gasteiger partial charge in [0.25, 0.3) is 0 Å². The lowest BCUT2D eigenvalue weighted by Gasteiger charge is -2.08. The number of ether oxygens (including phenoxy) is 1. The van der Waals surface area contributed by atoms with E-state index in [-0.39, 0.29) is 0 Å². The molecule has 0 bridgehead atoms. The van der Waals surface area contributed by atoms with E-state index in [1.54, 1.807) is 12.3 Å². The third-order valence-electron chi connectivity index (χ3n) is 2.56. The summed E-state index contributed by atoms with van der Waals surface area (Å²) in [6.45, 7) is 3.94. The van der Waals surface area contributed by atoms with E-state index in [2.05, 4.69) is 17.2 Å². The predicted octanol–water partition coefficient (Wildman–Crippen LogP) is 4.03. The molecule has 0 saturated heterocycles. The van der Waals surface area contributed by atoms with Gasteiger partial charge in [0.05, 0.1) is 6.20 Å². The summed E-state index contributed by atoms with van der Waals surface area (Å²) in [5, 5.41) is 3.99. The number of nitrogens with one attached hydrogen (secondary N) is 1. The minimum atomic E-state index is 0.659. The van der Waals surface area contributed by atoms with Crippen LogP contribution in [0.4, 0.5) is 0 Å². The van der Waals surface area contributed by atoms with Crippen molar-refractivity contribution in [2.45, 2.75) is 19.9 Å². The van der Waals surface area contributed by atoms with Gasteiger partial charge in [-0.2, -0.15) is 0 Å². The van der Waals surface area contributed by atoms with Gasteiger partial charge in [-0.05, 0) is 42.8 Å². The van der Waals surface area contributed by atoms with Gasteiger partial charge in [0.15, 0.2) is 0 Å². The van der Waals surface area contributed by atoms with E-state index in [1.165, 1.54) is 0 Å². The topological polar surface area (TPSA) is 34.2 Å². The minimum Gasteiger partial charge on any atom is -0.456 e. The summed E-state index contributed by atoms with van der Waals surface area (Å²) in [5.74, 6) is 1.44. The SMILES string of the molecule is CCCNCc1cncc(Oc2cccc(Cl)c2)c1. The van der Waals surface area contributed by atoms with E-state index < -0.39 is 0 Å². The molecule has 1 aromatic carbocycles. The van der Waals surface area contributed by atoms with E-state index in [0.29, 0.717) is 10.8 Å². The Morgan fingerprint density at radius 2 is 2.11 bits per heavy atom. The average Bonchev–Trinajstić information content (AvgIpc) is 2.39. The molecule has 1 aromatic heterocycles. The van der Waals surface area contributed by atoms with Crippen LogP contribution in [-0.4, -0.2) is 11.5 Å². The van der Waals surface area contributed by atoms with Crippen LogP contribution in [0.2, 0.25) is 5.02 Å². The van der Waals surface area contributed by atoms with Crippen LogP contribution in [0.25, 0.3) is 0 Å². The normalized spacial score (nSPS) is 10.4. The second-order valence-electron chi connectivity index (χ2n) is 4.27. The Balaban J connectivity index is 2.02. The molecule has 0 radical (unpaired) electrons. The molecular formula is C15H17ClN2O. The van der Waals surface area contributed by atoms with Crippen LogP contribution in [0.1, 0.15) is 18.9 Å². The molecule has 19 heavy (non-hydrogen) atoms. The zero-order valence-electron chi connectivity index (χ0n) is 10.9. The summed E-state index contributed by atoms with van der Waals surface area (Å²) in [5.41, 5.74) is 1.10. The molecule has 0 amide bonds. The van der Waals surface area contributed by atoms with E-state index in [1.807, 2.05) is 30.5 Å². The van der Waals surface area contributed by atoms with Crippen molar-refractivity contribution in [1.29, 1.82) is 0 Å². The second kappa shape index (κ2) is 7.12. The van der Waals surface area contributed by atoms with Crippen molar-refractivity contribution >= 4 is 11.6 Å². The van der Waals surface area contributed by atoms with E-state index >= 15 is 0 Å². The molecule has 0 unspecified atom stereocenters. The first-order chi connectivity index (χ1) is 9.28. The standard InChI is InChI=1S/C15H17ClN2O/c1-2-6-17-9-12-7-15(11-18-10-12)19-14-5-3-4-13(16)8-14/h3-5,7-8,10-11,17H,2,6,9H2,1H3. The number of nitrogens with zero attached hydrogens (tertiary/aromatic N) is 1. The summed E-state index contributed by atoms with van der Waals surface area (Å²) in [6, 6.07) is 9.31. The van der Waals surface area contributed by atoms with Crippen LogP contribution >= 0.6 is 11.6 Å². The number of halogens is 1. The van der Waals surface area contributed by atoms with Crippen molar-refractivity contribution in [3.63, 3.8) is 0 Å². The third kappa shape index (κ3) is 4.54. The maximum Gasteiger partial charge on any atom is 0.146 e. The molecule has 0 aliphatic rings. The van der Waals surface area contributed by atoms with Gasteiger partial charge in [-0.15, -0.1) is 0 Å². The molecule has 4 heteroatoms. The lowest BCUT2D eigenvalue weighted by Crippen LogP contribution is -2.13. The van der Waals surface area contributed by atoms with Crippen LogP contribution in [0.3, 0.4) is 0 Å². The van der Waals surface area contributed by atoms with Gasteiger partial charge >= 0.3 is 0 Å². The molecule has 0 atom stereocenters. The number of rotatable bonds is 6. The molecule has 3 nitrogen and oxygen atoms in total. The molecule has 0 fully saturated rings. The lowest BCUT2D eigenvalue weighted by molar-refractivity contribution is 0.479. The van der Waals surface area contributed by atoms with E-state index in [9.17, 15) is 0 Å². The number of hydrogen-bond acceptors (Lipinski definition) is 3. The summed E-state index contributed by atoms with van der Waals surface area (Å²) in [7, 11) is 0. The fraction of sp³-hybridized carbons (Fsp3) is 0.267. The Bertz CT molecular complexity index is 531. The molecule has 0 spiro atoms. The highest BCUT2D eigenvalue weighted by Gasteiger charge is 2.00. The molecular weight excluding hydrogens is 260 g/mol. The van der Waals surface area contributed by atoms with Gasteiger partial charge in [-0.25, -0.2) is 0 Å². The van der Waals surface area contributed by atoms with Gasteiger partial charge < -0.3 is 10.1 Å². The molecule has 100 valence electrons. The first-order valence-electron chi connectivity index (χ1n) is 6.36. The van der Waals surface area contributed by atoms with Crippen LogP contribution in [0.5, 0.6) is 11.5 Å². The van der Waals surface area contributed by atoms with Gasteiger partial charge in [0.1, 0.15) is 11.5 Å². The molecule has 0 aliphatic carbocycles. The highest BCUT2D eigenvalue weighted by molar-refractivity contribution is 6.30. The summed E-state index contributed by atoms with van der Waals surface area (Å²) in [4.78, 5) is 4.18. The highest BCUT2D eigenvalue weighted by atomic mass is 35.5. The van der Waals surface area contributed by atoms with Gasteiger partial charge in [-0.1, -0.05) is 24.6 Å². The number of benzene rings is 1. The van der Waals surface area contributed by atoms with Crippen molar-refractivity contribution in [3.8, 4) is 11.5 Å². The Kier molecular flexibility index (Phi) is 5.19. The number of hydrogen-bond donors (Lipinski definition) is 1. The lowest BCUT2D eigenvalue weighted by atomic mass is 10.2. The van der Waals surface area contributed by atoms with Crippen molar-refractivity contribution in [3.05, 3.63) is 53.3 Å². The first kappa shape index (κ1) is 13.8. The summed E-state index contributed by atoms with van der Waals surface area (Å²) < 4.78 is 5.73. The van der Waals surface area contributed by atoms with Crippen LogP contribution in [-0.2, 0) is 6.54 Å². The van der Waals surface area contributed by atoms with E-state index in [4.69, 9.17) is 16.3 Å². The number of pyridine rings is 1. The largest absolute Gasteiger partial charge is 0.456 e. The summed E-state index contributed by atoms with van der Waals surface area (Å²) >= 11 is 5.92. The average molecular weight is 277 g/mol. The summed E-state index contributed by atoms with van der Waals surface area (Å²) in [6.07, 6.45) is 4.66. The van der Waals surface area contributed by atoms with Gasteiger partial charge in [0, 0.05) is 17.8 Å². The maximum atomic E-state index is 5.92. The second-order valence-corrected chi connectivity index (χ2v) is 4.70. The van der Waals surface area contributed by atoms with Crippen molar-refractivity contribution in [1.82, 2.24) is 10.3 Å². The molecule has 0 aliphatic heterocycles. The smallest absolute Gasteiger partial charge is 0.146 e. The fourth-order valence-corrected chi connectivity index (χ4v) is 1.87. The fourth-order valence-electron chi connectivity index (χ4n) is 1.69. The Morgan fingerprint density at radius 1 is 1.21 bits per heavy atom. The molecule has 2 aromatic rings. The maximum absolute atomic E-state index is 5.92. The number of aromatic nitrogens is 1. The monoisotopic (exact) mass is 276 g/mol. The zero-order chi connectivity index (χ0) is 13.5. The zero-order valence-corrected chi connectivity index (χ0v) is 11.7. The van der Waals surface area contributed by atoms with Crippen molar-refractivity contribution in [2.75, 3.05) is 6.54 Å². The quantitative estimate of drug-likeness (QED) is 0.809. The van der Waals surface area contributed by atoms with Gasteiger partial charge in [-0.3, -0.25) is 4.98 Å². The van der Waals surface area contributed by atoms with E-state index in [0.717, 1.165) is 30.8 Å². The van der Waals surface area contributed by atoms with Crippen LogP contribution in [0.15, 0.2) is 42.7 Å². The molecule has 1 heterocycles. The predicted molar refractivity (Wildman–Crippen MR) is 77.8 cm³/mol. The minimum absolute atomic E-state index is 0.659. The third-order valence-corrected chi connectivity index (χ3v) is 2.79. The Labute approximate surface area is 118 Å². The van der Waals surface area contributed by atoms with Gasteiger partial charge in [0.2, 0.25) is 0 Å². The van der Waals surface area contributed by atoms with Crippen molar-refractivity contribution in [2.24, 2.45) is 0 Å². The Hall–Kier alpha value is -1.58. The Morgan fingerprint density at radius 3 is 2.89 bits per heavy atom. The van der Waals surface area contributed by atoms with Crippen LogP contribution in [0, 0.1) is 0 Å². The highest BCUT2D eigenvalue weighted by Crippen LogP contribution is 2.23. The molecule has 1 N–H and O–H groups in total. The van der Waals surface area contributed by atoms with Crippen molar-refractivity contribution < 1.29 is 4.74 Å². The van der Waals surface area contributed by atoms with Crippen LogP contribution < -0.4 is 10.1 Å². The molecule has 0 saturated carbocycles. The first-order valence-corrected chi connectivity index (χ1v) is 6.74. The molecule has 2 rings (SSSR count).